The van der Waals surface area contributed by atoms with Crippen molar-refractivity contribution in [2.75, 3.05) is 19.5 Å². The Hall–Kier alpha value is -3.46. The number of rotatable bonds is 10. The fraction of sp³-hybridized carbons (Fsp3) is 0.346. The third-order valence-electron chi connectivity index (χ3n) is 6.00. The molecule has 0 N–H and O–H groups in total. The van der Waals surface area contributed by atoms with Crippen molar-refractivity contribution in [3.05, 3.63) is 72.6 Å². The summed E-state index contributed by atoms with van der Waals surface area (Å²) in [7, 11) is 1.65. The van der Waals surface area contributed by atoms with E-state index in [4.69, 9.17) is 14.2 Å². The normalized spacial score (nSPS) is 16.5. The Morgan fingerprint density at radius 1 is 1.20 bits per heavy atom. The number of amides is 1. The van der Waals surface area contributed by atoms with Crippen molar-refractivity contribution in [1.29, 1.82) is 0 Å². The van der Waals surface area contributed by atoms with Gasteiger partial charge in [0.25, 0.3) is 0 Å². The van der Waals surface area contributed by atoms with E-state index in [1.165, 1.54) is 11.8 Å². The molecular weight excluding hydrogens is 464 g/mol. The first kappa shape index (κ1) is 23.3. The zero-order valence-corrected chi connectivity index (χ0v) is 20.4. The zero-order chi connectivity index (χ0) is 24.2. The molecule has 0 saturated heterocycles. The van der Waals surface area contributed by atoms with Crippen LogP contribution in [0.4, 0.5) is 0 Å². The molecule has 1 saturated carbocycles. The predicted octanol–water partition coefficient (Wildman–Crippen LogP) is 4.27. The molecule has 1 fully saturated rings. The van der Waals surface area contributed by atoms with Gasteiger partial charge in [-0.05, 0) is 42.7 Å². The number of thioether (sulfide) groups is 1. The number of aromatic nitrogens is 3. The minimum atomic E-state index is -0.388. The number of carbonyl (C=O) groups excluding carboxylic acids is 1. The first-order chi connectivity index (χ1) is 17.2. The lowest BCUT2D eigenvalue weighted by molar-refractivity contribution is -0.129. The number of nitrogens with zero attached hydrogens (tertiary/aromatic N) is 4. The summed E-state index contributed by atoms with van der Waals surface area (Å²) in [6.07, 6.45) is 3.49. The van der Waals surface area contributed by atoms with E-state index in [0.717, 1.165) is 29.9 Å². The van der Waals surface area contributed by atoms with Gasteiger partial charge in [-0.1, -0.05) is 42.1 Å². The van der Waals surface area contributed by atoms with Crippen molar-refractivity contribution in [1.82, 2.24) is 19.7 Å². The second-order valence-electron chi connectivity index (χ2n) is 8.49. The van der Waals surface area contributed by atoms with Crippen LogP contribution in [0.25, 0.3) is 0 Å². The molecule has 35 heavy (non-hydrogen) atoms. The summed E-state index contributed by atoms with van der Waals surface area (Å²) in [5, 5.41) is 9.42. The molecule has 8 nitrogen and oxygen atoms in total. The van der Waals surface area contributed by atoms with Gasteiger partial charge in [0.1, 0.15) is 12.4 Å². The second-order valence-corrected chi connectivity index (χ2v) is 9.44. The van der Waals surface area contributed by atoms with Gasteiger partial charge in [0.05, 0.1) is 12.9 Å². The van der Waals surface area contributed by atoms with E-state index in [0.29, 0.717) is 42.5 Å². The van der Waals surface area contributed by atoms with Crippen LogP contribution in [0.3, 0.4) is 0 Å². The molecule has 5 rings (SSSR count). The number of hydrogen-bond acceptors (Lipinski definition) is 7. The summed E-state index contributed by atoms with van der Waals surface area (Å²) in [5.74, 6) is 3.24. The molecule has 1 aromatic heterocycles. The van der Waals surface area contributed by atoms with Crippen molar-refractivity contribution in [3.63, 3.8) is 0 Å². The summed E-state index contributed by atoms with van der Waals surface area (Å²) in [6, 6.07) is 15.7. The van der Waals surface area contributed by atoms with Crippen LogP contribution in [0, 0.1) is 0 Å². The van der Waals surface area contributed by atoms with Crippen LogP contribution in [0.5, 0.6) is 17.2 Å². The van der Waals surface area contributed by atoms with Gasteiger partial charge in [0.15, 0.2) is 28.6 Å². The maximum absolute atomic E-state index is 13.2. The topological polar surface area (TPSA) is 78.7 Å². The molecule has 1 atom stereocenters. The minimum Gasteiger partial charge on any atom is -0.497 e. The van der Waals surface area contributed by atoms with Crippen molar-refractivity contribution >= 4 is 17.7 Å². The van der Waals surface area contributed by atoms with E-state index < -0.39 is 0 Å². The molecule has 2 heterocycles. The van der Waals surface area contributed by atoms with Gasteiger partial charge in [-0.2, -0.15) is 0 Å². The van der Waals surface area contributed by atoms with Crippen LogP contribution in [0.2, 0.25) is 0 Å². The van der Waals surface area contributed by atoms with Gasteiger partial charge in [-0.15, -0.1) is 16.8 Å². The first-order valence-corrected chi connectivity index (χ1v) is 12.6. The van der Waals surface area contributed by atoms with Gasteiger partial charge < -0.3 is 19.1 Å². The molecular formula is C26H28N4O4S. The van der Waals surface area contributed by atoms with Gasteiger partial charge >= 0.3 is 0 Å². The third-order valence-corrected chi connectivity index (χ3v) is 6.95. The summed E-state index contributed by atoms with van der Waals surface area (Å²) in [6.45, 7) is 5.31. The van der Waals surface area contributed by atoms with Crippen LogP contribution in [0.1, 0.15) is 30.3 Å². The van der Waals surface area contributed by atoms with E-state index in [1.807, 2.05) is 58.0 Å². The summed E-state index contributed by atoms with van der Waals surface area (Å²) < 4.78 is 19.2. The van der Waals surface area contributed by atoms with Crippen molar-refractivity contribution < 1.29 is 19.0 Å². The van der Waals surface area contributed by atoms with Gasteiger partial charge in [0, 0.05) is 19.1 Å². The Balaban J connectivity index is 1.26. The highest BCUT2D eigenvalue weighted by molar-refractivity contribution is 7.99. The van der Waals surface area contributed by atoms with E-state index in [9.17, 15) is 4.79 Å². The fourth-order valence-electron chi connectivity index (χ4n) is 4.04. The molecule has 0 radical (unpaired) electrons. The van der Waals surface area contributed by atoms with Crippen LogP contribution < -0.4 is 14.2 Å². The molecule has 0 bridgehead atoms. The number of benzene rings is 2. The molecule has 0 spiro atoms. The lowest BCUT2D eigenvalue weighted by atomic mass is 10.2. The molecule has 1 aliphatic heterocycles. The highest BCUT2D eigenvalue weighted by atomic mass is 32.2. The molecule has 182 valence electrons. The number of para-hydroxylation sites is 2. The number of carbonyl (C=O) groups is 1. The Kier molecular flexibility index (Phi) is 6.94. The van der Waals surface area contributed by atoms with Crippen molar-refractivity contribution in [3.8, 4) is 17.2 Å². The van der Waals surface area contributed by atoms with Crippen LogP contribution in [0.15, 0.2) is 66.3 Å². The SMILES string of the molecule is C=CCn1c(SCC(=O)N(Cc2ccc(OC)cc2)C2CC2)nnc1[C@@H]1COc2ccccc2O1. The molecule has 2 aliphatic rings. The fourth-order valence-corrected chi connectivity index (χ4v) is 4.88. The van der Waals surface area contributed by atoms with Crippen LogP contribution in [-0.4, -0.2) is 51.1 Å². The quantitative estimate of drug-likeness (QED) is 0.309. The van der Waals surface area contributed by atoms with Gasteiger partial charge in [-0.3, -0.25) is 9.36 Å². The number of fused-ring (bicyclic) bond motifs is 1. The number of ether oxygens (including phenoxy) is 3. The largest absolute Gasteiger partial charge is 0.497 e. The lowest BCUT2D eigenvalue weighted by Crippen LogP contribution is -2.34. The average Bonchev–Trinajstić information content (AvgIpc) is 3.66. The molecule has 0 unspecified atom stereocenters. The van der Waals surface area contributed by atoms with Gasteiger partial charge in [-0.25, -0.2) is 0 Å². The third kappa shape index (κ3) is 5.30. The molecule has 3 aromatic rings. The van der Waals surface area contributed by atoms with Gasteiger partial charge in [0.2, 0.25) is 5.91 Å². The molecule has 1 aliphatic carbocycles. The van der Waals surface area contributed by atoms with E-state index in [-0.39, 0.29) is 17.8 Å². The van der Waals surface area contributed by atoms with Crippen molar-refractivity contribution in [2.45, 2.75) is 43.2 Å². The molecule has 1 amide bonds. The minimum absolute atomic E-state index is 0.0919. The smallest absolute Gasteiger partial charge is 0.233 e. The Morgan fingerprint density at radius 2 is 1.97 bits per heavy atom. The first-order valence-electron chi connectivity index (χ1n) is 11.6. The van der Waals surface area contributed by atoms with Crippen LogP contribution >= 0.6 is 11.8 Å². The second kappa shape index (κ2) is 10.4. The molecule has 9 heteroatoms. The summed E-state index contributed by atoms with van der Waals surface area (Å²) in [4.78, 5) is 15.2. The number of hydrogen-bond donors (Lipinski definition) is 0. The standard InChI is InChI=1S/C26H28N4O4S/c1-3-14-29-25(23-16-33-21-6-4-5-7-22(21)34-23)27-28-26(29)35-17-24(31)30(19-10-11-19)15-18-8-12-20(32-2)13-9-18/h3-9,12-13,19,23H,1,10-11,14-17H2,2H3/t23-/m0/s1. The predicted molar refractivity (Wildman–Crippen MR) is 133 cm³/mol. The van der Waals surface area contributed by atoms with E-state index in [2.05, 4.69) is 16.8 Å². The lowest BCUT2D eigenvalue weighted by Gasteiger charge is -2.26. The molecule has 2 aromatic carbocycles. The van der Waals surface area contributed by atoms with Crippen molar-refractivity contribution in [2.24, 2.45) is 0 Å². The Labute approximate surface area is 208 Å². The van der Waals surface area contributed by atoms with Crippen LogP contribution in [-0.2, 0) is 17.9 Å². The maximum Gasteiger partial charge on any atom is 0.233 e. The van der Waals surface area contributed by atoms with E-state index in [1.54, 1.807) is 13.2 Å². The Morgan fingerprint density at radius 3 is 2.69 bits per heavy atom. The number of methoxy groups -OCH3 is 1. The highest BCUT2D eigenvalue weighted by Crippen LogP contribution is 2.36. The monoisotopic (exact) mass is 492 g/mol. The summed E-state index contributed by atoms with van der Waals surface area (Å²) in [5.41, 5.74) is 1.09. The highest BCUT2D eigenvalue weighted by Gasteiger charge is 2.33. The number of allylic oxidation sites excluding steroid dienone is 1. The maximum atomic E-state index is 13.2. The average molecular weight is 493 g/mol. The zero-order valence-electron chi connectivity index (χ0n) is 19.6. The van der Waals surface area contributed by atoms with E-state index >= 15 is 0 Å². The Bertz CT molecular complexity index is 1190. The summed E-state index contributed by atoms with van der Waals surface area (Å²) >= 11 is 1.39.